The van der Waals surface area contributed by atoms with Gasteiger partial charge >= 0.3 is 0 Å². The van der Waals surface area contributed by atoms with Gasteiger partial charge in [0.1, 0.15) is 12.0 Å². The summed E-state index contributed by atoms with van der Waals surface area (Å²) in [5, 5.41) is 2.71. The number of para-hydroxylation sites is 2. The van der Waals surface area contributed by atoms with Gasteiger partial charge in [-0.15, -0.1) is 0 Å². The van der Waals surface area contributed by atoms with Gasteiger partial charge in [-0.25, -0.2) is 0 Å². The molecule has 0 bridgehead atoms. The van der Waals surface area contributed by atoms with Gasteiger partial charge in [0.2, 0.25) is 0 Å². The second-order valence-corrected chi connectivity index (χ2v) is 4.57. The Morgan fingerprint density at radius 3 is 2.48 bits per heavy atom. The van der Waals surface area contributed by atoms with Gasteiger partial charge in [0, 0.05) is 5.56 Å². The number of ether oxygens (including phenoxy) is 3. The molecule has 23 heavy (non-hydrogen) atoms. The minimum Gasteiger partial charge on any atom is -0.495 e. The first-order valence-electron chi connectivity index (χ1n) is 6.86. The molecule has 0 saturated carbocycles. The molecule has 1 amide bonds. The average Bonchev–Trinajstić information content (AvgIpc) is 2.60. The highest BCUT2D eigenvalue weighted by molar-refractivity contribution is 5.93. The molecule has 0 fully saturated rings. The number of hydrogen-bond donors (Lipinski definition) is 1. The summed E-state index contributed by atoms with van der Waals surface area (Å²) in [4.78, 5) is 22.7. The Bertz CT molecular complexity index is 699. The molecule has 0 aromatic heterocycles. The van der Waals surface area contributed by atoms with E-state index in [1.54, 1.807) is 36.4 Å². The molecule has 0 unspecified atom stereocenters. The van der Waals surface area contributed by atoms with Gasteiger partial charge in [0.15, 0.2) is 18.1 Å². The molecule has 2 aromatic carbocycles. The van der Waals surface area contributed by atoms with Crippen molar-refractivity contribution in [2.45, 2.75) is 0 Å². The average molecular weight is 315 g/mol. The lowest BCUT2D eigenvalue weighted by atomic mass is 10.2. The van der Waals surface area contributed by atoms with Gasteiger partial charge < -0.3 is 19.5 Å². The SMILES string of the molecule is COc1ccccc1NC(=O)COc1ccc(C=O)cc1OC. The monoisotopic (exact) mass is 315 g/mol. The van der Waals surface area contributed by atoms with E-state index in [-0.39, 0.29) is 12.5 Å². The van der Waals surface area contributed by atoms with Crippen LogP contribution in [0.25, 0.3) is 0 Å². The summed E-state index contributed by atoms with van der Waals surface area (Å²) in [6.07, 6.45) is 0.709. The van der Waals surface area contributed by atoms with Crippen molar-refractivity contribution in [1.82, 2.24) is 0 Å². The maximum atomic E-state index is 12.0. The van der Waals surface area contributed by atoms with Crippen LogP contribution in [0.5, 0.6) is 17.2 Å². The zero-order chi connectivity index (χ0) is 16.7. The van der Waals surface area contributed by atoms with Gasteiger partial charge in [-0.3, -0.25) is 9.59 Å². The van der Waals surface area contributed by atoms with Crippen LogP contribution in [0.4, 0.5) is 5.69 Å². The first kappa shape index (κ1) is 16.4. The van der Waals surface area contributed by atoms with Crippen molar-refractivity contribution in [2.75, 3.05) is 26.1 Å². The van der Waals surface area contributed by atoms with Gasteiger partial charge in [-0.1, -0.05) is 12.1 Å². The highest BCUT2D eigenvalue weighted by atomic mass is 16.5. The quantitative estimate of drug-likeness (QED) is 0.795. The second-order valence-electron chi connectivity index (χ2n) is 4.57. The molecule has 0 atom stereocenters. The van der Waals surface area contributed by atoms with Gasteiger partial charge in [0.05, 0.1) is 19.9 Å². The minimum atomic E-state index is -0.337. The van der Waals surface area contributed by atoms with E-state index in [4.69, 9.17) is 14.2 Å². The van der Waals surface area contributed by atoms with E-state index < -0.39 is 0 Å². The predicted molar refractivity (Wildman–Crippen MR) is 85.5 cm³/mol. The highest BCUT2D eigenvalue weighted by Gasteiger charge is 2.10. The summed E-state index contributed by atoms with van der Waals surface area (Å²) in [7, 11) is 2.99. The predicted octanol–water partition coefficient (Wildman–Crippen LogP) is 2.53. The molecule has 120 valence electrons. The van der Waals surface area contributed by atoms with Crippen molar-refractivity contribution in [3.05, 3.63) is 48.0 Å². The molecule has 0 spiro atoms. The lowest BCUT2D eigenvalue weighted by molar-refractivity contribution is -0.118. The number of hydrogen-bond acceptors (Lipinski definition) is 5. The van der Waals surface area contributed by atoms with E-state index in [0.29, 0.717) is 34.8 Å². The number of aldehydes is 1. The Morgan fingerprint density at radius 2 is 1.78 bits per heavy atom. The zero-order valence-electron chi connectivity index (χ0n) is 12.9. The summed E-state index contributed by atoms with van der Waals surface area (Å²) in [5.41, 5.74) is 1.03. The van der Waals surface area contributed by atoms with E-state index in [0.717, 1.165) is 0 Å². The third kappa shape index (κ3) is 4.23. The van der Waals surface area contributed by atoms with Crippen LogP contribution in [-0.4, -0.2) is 33.0 Å². The number of nitrogens with one attached hydrogen (secondary N) is 1. The van der Waals surface area contributed by atoms with Crippen LogP contribution in [0.1, 0.15) is 10.4 Å². The number of methoxy groups -OCH3 is 2. The molecule has 0 heterocycles. The van der Waals surface area contributed by atoms with Crippen LogP contribution >= 0.6 is 0 Å². The van der Waals surface area contributed by atoms with E-state index in [1.807, 2.05) is 6.07 Å². The van der Waals surface area contributed by atoms with Crippen LogP contribution in [0.15, 0.2) is 42.5 Å². The van der Waals surface area contributed by atoms with Crippen molar-refractivity contribution >= 4 is 17.9 Å². The normalized spacial score (nSPS) is 9.83. The molecule has 0 aliphatic heterocycles. The van der Waals surface area contributed by atoms with Crippen molar-refractivity contribution < 1.29 is 23.8 Å². The van der Waals surface area contributed by atoms with Crippen molar-refractivity contribution in [3.63, 3.8) is 0 Å². The molecule has 0 aliphatic carbocycles. The number of amides is 1. The molecule has 0 saturated heterocycles. The number of carbonyl (C=O) groups excluding carboxylic acids is 2. The van der Waals surface area contributed by atoms with E-state index >= 15 is 0 Å². The number of carbonyl (C=O) groups is 2. The van der Waals surface area contributed by atoms with Gasteiger partial charge in [-0.05, 0) is 30.3 Å². The summed E-state index contributed by atoms with van der Waals surface area (Å²) in [5.74, 6) is 0.998. The first-order valence-corrected chi connectivity index (χ1v) is 6.86. The fourth-order valence-electron chi connectivity index (χ4n) is 1.95. The maximum absolute atomic E-state index is 12.0. The van der Waals surface area contributed by atoms with Gasteiger partial charge in [0.25, 0.3) is 5.91 Å². The van der Waals surface area contributed by atoms with E-state index in [1.165, 1.54) is 14.2 Å². The molecular weight excluding hydrogens is 298 g/mol. The Morgan fingerprint density at radius 1 is 1.04 bits per heavy atom. The molecular formula is C17H17NO5. The zero-order valence-corrected chi connectivity index (χ0v) is 12.9. The molecule has 0 aliphatic rings. The van der Waals surface area contributed by atoms with Crippen molar-refractivity contribution in [2.24, 2.45) is 0 Å². The Labute approximate surface area is 134 Å². The lowest BCUT2D eigenvalue weighted by Gasteiger charge is -2.12. The minimum absolute atomic E-state index is 0.200. The summed E-state index contributed by atoms with van der Waals surface area (Å²) in [6, 6.07) is 11.8. The first-order chi connectivity index (χ1) is 11.2. The largest absolute Gasteiger partial charge is 0.495 e. The fourth-order valence-corrected chi connectivity index (χ4v) is 1.95. The Balaban J connectivity index is 2.00. The van der Waals surface area contributed by atoms with Gasteiger partial charge in [-0.2, -0.15) is 0 Å². The summed E-state index contributed by atoms with van der Waals surface area (Å²) < 4.78 is 15.7. The van der Waals surface area contributed by atoms with Crippen LogP contribution < -0.4 is 19.5 Å². The standard InChI is InChI=1S/C17H17NO5/c1-21-14-6-4-3-5-13(14)18-17(20)11-23-15-8-7-12(10-19)9-16(15)22-2/h3-10H,11H2,1-2H3,(H,18,20). The van der Waals surface area contributed by atoms with Crippen LogP contribution in [0.3, 0.4) is 0 Å². The number of benzene rings is 2. The van der Waals surface area contributed by atoms with Crippen molar-refractivity contribution in [3.8, 4) is 17.2 Å². The highest BCUT2D eigenvalue weighted by Crippen LogP contribution is 2.28. The van der Waals surface area contributed by atoms with E-state index in [9.17, 15) is 9.59 Å². The topological polar surface area (TPSA) is 73.9 Å². The molecule has 0 radical (unpaired) electrons. The molecule has 2 aromatic rings. The summed E-state index contributed by atoms with van der Waals surface area (Å²) in [6.45, 7) is -0.200. The maximum Gasteiger partial charge on any atom is 0.262 e. The third-order valence-corrected chi connectivity index (χ3v) is 3.06. The molecule has 6 nitrogen and oxygen atoms in total. The fraction of sp³-hybridized carbons (Fsp3) is 0.176. The number of anilines is 1. The molecule has 6 heteroatoms. The van der Waals surface area contributed by atoms with Crippen molar-refractivity contribution in [1.29, 1.82) is 0 Å². The molecule has 1 N–H and O–H groups in total. The van der Waals surface area contributed by atoms with E-state index in [2.05, 4.69) is 5.32 Å². The molecule has 2 rings (SSSR count). The third-order valence-electron chi connectivity index (χ3n) is 3.06. The number of rotatable bonds is 7. The Kier molecular flexibility index (Phi) is 5.57. The Hall–Kier alpha value is -3.02. The second kappa shape index (κ2) is 7.84. The van der Waals surface area contributed by atoms with Crippen LogP contribution in [0, 0.1) is 0 Å². The van der Waals surface area contributed by atoms with Crippen LogP contribution in [0.2, 0.25) is 0 Å². The smallest absolute Gasteiger partial charge is 0.262 e. The van der Waals surface area contributed by atoms with Crippen LogP contribution in [-0.2, 0) is 4.79 Å². The lowest BCUT2D eigenvalue weighted by Crippen LogP contribution is -2.20. The summed E-state index contributed by atoms with van der Waals surface area (Å²) >= 11 is 0.